The summed E-state index contributed by atoms with van der Waals surface area (Å²) in [5.41, 5.74) is 9.13. The van der Waals surface area contributed by atoms with Crippen molar-refractivity contribution in [2.75, 3.05) is 25.4 Å². The lowest BCUT2D eigenvalue weighted by molar-refractivity contribution is -0.132. The van der Waals surface area contributed by atoms with E-state index < -0.39 is 5.91 Å². The number of pyridine rings is 1. The van der Waals surface area contributed by atoms with Crippen molar-refractivity contribution in [2.24, 2.45) is 5.10 Å². The lowest BCUT2D eigenvalue weighted by atomic mass is 10.1. The van der Waals surface area contributed by atoms with Crippen LogP contribution in [0.15, 0.2) is 29.4 Å². The molecule has 0 radical (unpaired) electrons. The van der Waals surface area contributed by atoms with Crippen molar-refractivity contribution in [2.45, 2.75) is 19.8 Å². The van der Waals surface area contributed by atoms with E-state index in [0.29, 0.717) is 11.5 Å². The van der Waals surface area contributed by atoms with Crippen molar-refractivity contribution in [3.05, 3.63) is 50.7 Å². The Hall–Kier alpha value is -2.55. The van der Waals surface area contributed by atoms with Crippen molar-refractivity contribution < 1.29 is 14.3 Å². The Labute approximate surface area is 194 Å². The van der Waals surface area contributed by atoms with Crippen LogP contribution in [-0.4, -0.2) is 47.1 Å². The monoisotopic (exact) mass is 483 g/mol. The number of rotatable bonds is 6. The zero-order chi connectivity index (χ0) is 22.5. The number of nitrogens with one attached hydrogen (secondary N) is 1. The van der Waals surface area contributed by atoms with Gasteiger partial charge < -0.3 is 15.4 Å². The number of nitrogens with two attached hydrogens (primary N) is 1. The number of nitrogens with zero attached hydrogens (tertiary/aromatic N) is 3. The third kappa shape index (κ3) is 5.58. The van der Waals surface area contributed by atoms with E-state index >= 15 is 0 Å². The molecule has 2 aromatic rings. The molecule has 0 aliphatic carbocycles. The highest BCUT2D eigenvalue weighted by molar-refractivity contribution is 6.46. The summed E-state index contributed by atoms with van der Waals surface area (Å²) >= 11 is 17.7. The first kappa shape index (κ1) is 23.1. The van der Waals surface area contributed by atoms with Gasteiger partial charge in [0.05, 0.1) is 16.4 Å². The van der Waals surface area contributed by atoms with Crippen molar-refractivity contribution in [1.29, 1.82) is 0 Å². The van der Waals surface area contributed by atoms with Gasteiger partial charge in [0.15, 0.2) is 17.5 Å². The number of anilines is 1. The zero-order valence-corrected chi connectivity index (χ0v) is 18.9. The first-order valence-electron chi connectivity index (χ1n) is 9.43. The predicted octanol–water partition coefficient (Wildman–Crippen LogP) is 3.78. The second kappa shape index (κ2) is 10.2. The van der Waals surface area contributed by atoms with Gasteiger partial charge in [-0.3, -0.25) is 9.59 Å². The molecule has 164 valence electrons. The first-order chi connectivity index (χ1) is 14.8. The summed E-state index contributed by atoms with van der Waals surface area (Å²) in [5, 5.41) is 3.79. The third-order valence-corrected chi connectivity index (χ3v) is 5.84. The van der Waals surface area contributed by atoms with E-state index in [9.17, 15) is 9.59 Å². The van der Waals surface area contributed by atoms with Crippen LogP contribution >= 0.6 is 34.8 Å². The SMILES string of the molecule is C/C(=N\NC(=O)c1nc(Cl)c(Cl)c(N)c1Cl)c1ccc(OCC(=O)N2CCCC2)cc1. The molecule has 1 fully saturated rings. The van der Waals surface area contributed by atoms with Gasteiger partial charge in [-0.05, 0) is 49.6 Å². The van der Waals surface area contributed by atoms with Crippen molar-refractivity contribution >= 4 is 58.0 Å². The molecule has 3 N–H and O–H groups in total. The van der Waals surface area contributed by atoms with Crippen molar-refractivity contribution in [3.8, 4) is 5.75 Å². The molecule has 0 unspecified atom stereocenters. The number of halogens is 3. The van der Waals surface area contributed by atoms with Crippen LogP contribution in [0, 0.1) is 0 Å². The maximum Gasteiger partial charge on any atom is 0.291 e. The van der Waals surface area contributed by atoms with E-state index in [1.165, 1.54) is 0 Å². The fraction of sp³-hybridized carbons (Fsp3) is 0.300. The Morgan fingerprint density at radius 1 is 1.16 bits per heavy atom. The summed E-state index contributed by atoms with van der Waals surface area (Å²) in [5.74, 6) is -0.136. The quantitative estimate of drug-likeness (QED) is 0.368. The number of aromatic nitrogens is 1. The number of amides is 2. The van der Waals surface area contributed by atoms with Gasteiger partial charge in [-0.15, -0.1) is 0 Å². The molecule has 8 nitrogen and oxygen atoms in total. The van der Waals surface area contributed by atoms with E-state index in [0.717, 1.165) is 31.5 Å². The van der Waals surface area contributed by atoms with Crippen molar-refractivity contribution in [3.63, 3.8) is 0 Å². The molecule has 0 atom stereocenters. The number of hydrazone groups is 1. The number of hydrogen-bond acceptors (Lipinski definition) is 6. The Morgan fingerprint density at radius 3 is 2.45 bits per heavy atom. The Morgan fingerprint density at radius 2 is 1.81 bits per heavy atom. The fourth-order valence-corrected chi connectivity index (χ4v) is 3.52. The van der Waals surface area contributed by atoms with Gasteiger partial charge >= 0.3 is 0 Å². The van der Waals surface area contributed by atoms with Gasteiger partial charge in [-0.2, -0.15) is 5.10 Å². The maximum absolute atomic E-state index is 12.4. The highest BCUT2D eigenvalue weighted by Crippen LogP contribution is 2.34. The minimum Gasteiger partial charge on any atom is -0.484 e. The number of benzene rings is 1. The fourth-order valence-electron chi connectivity index (χ4n) is 2.93. The average Bonchev–Trinajstić information content (AvgIpc) is 3.32. The normalized spacial score (nSPS) is 13.9. The molecule has 0 saturated carbocycles. The molecular formula is C20H20Cl3N5O3. The summed E-state index contributed by atoms with van der Waals surface area (Å²) in [6.45, 7) is 3.30. The number of nitrogen functional groups attached to an aromatic ring is 1. The molecule has 1 aliphatic heterocycles. The minimum absolute atomic E-state index is 0.00299. The Balaban J connectivity index is 1.60. The number of likely N-dealkylation sites (tertiary alicyclic amines) is 1. The van der Waals surface area contributed by atoms with Gasteiger partial charge in [0.2, 0.25) is 0 Å². The van der Waals surface area contributed by atoms with Crippen LogP contribution in [0.3, 0.4) is 0 Å². The number of hydrogen-bond donors (Lipinski definition) is 2. The van der Waals surface area contributed by atoms with E-state index in [-0.39, 0.29) is 39.1 Å². The smallest absolute Gasteiger partial charge is 0.291 e. The zero-order valence-electron chi connectivity index (χ0n) is 16.6. The largest absolute Gasteiger partial charge is 0.484 e. The van der Waals surface area contributed by atoms with Crippen LogP contribution in [0.4, 0.5) is 5.69 Å². The van der Waals surface area contributed by atoms with Gasteiger partial charge in [0.1, 0.15) is 10.8 Å². The van der Waals surface area contributed by atoms with Gasteiger partial charge in [0.25, 0.3) is 11.8 Å². The first-order valence-corrected chi connectivity index (χ1v) is 10.6. The van der Waals surface area contributed by atoms with E-state index in [1.54, 1.807) is 36.1 Å². The summed E-state index contributed by atoms with van der Waals surface area (Å²) in [6.07, 6.45) is 2.08. The van der Waals surface area contributed by atoms with Crippen LogP contribution in [0.2, 0.25) is 15.2 Å². The lowest BCUT2D eigenvalue weighted by Crippen LogP contribution is -2.32. The molecule has 2 heterocycles. The summed E-state index contributed by atoms with van der Waals surface area (Å²) < 4.78 is 5.56. The van der Waals surface area contributed by atoms with Gasteiger partial charge in [-0.25, -0.2) is 10.4 Å². The molecular weight excluding hydrogens is 465 g/mol. The van der Waals surface area contributed by atoms with Crippen LogP contribution in [-0.2, 0) is 4.79 Å². The number of ether oxygens (including phenoxy) is 1. The van der Waals surface area contributed by atoms with E-state index in [1.807, 2.05) is 0 Å². The van der Waals surface area contributed by atoms with Crippen LogP contribution < -0.4 is 15.9 Å². The highest BCUT2D eigenvalue weighted by atomic mass is 35.5. The van der Waals surface area contributed by atoms with Gasteiger partial charge in [-0.1, -0.05) is 34.8 Å². The molecule has 11 heteroatoms. The molecule has 2 amide bonds. The molecule has 1 saturated heterocycles. The van der Waals surface area contributed by atoms with Crippen molar-refractivity contribution in [1.82, 2.24) is 15.3 Å². The second-order valence-corrected chi connectivity index (χ2v) is 7.95. The van der Waals surface area contributed by atoms with E-state index in [2.05, 4.69) is 15.5 Å². The lowest BCUT2D eigenvalue weighted by Gasteiger charge is -2.15. The topological polar surface area (TPSA) is 110 Å². The molecule has 0 spiro atoms. The van der Waals surface area contributed by atoms with E-state index in [4.69, 9.17) is 45.3 Å². The number of carbonyl (C=O) groups excluding carboxylic acids is 2. The Bertz CT molecular complexity index is 1020. The second-order valence-electron chi connectivity index (χ2n) is 6.83. The Kier molecular flexibility index (Phi) is 7.59. The molecule has 31 heavy (non-hydrogen) atoms. The van der Waals surface area contributed by atoms with Crippen LogP contribution in [0.25, 0.3) is 0 Å². The maximum atomic E-state index is 12.4. The molecule has 0 bridgehead atoms. The third-order valence-electron chi connectivity index (χ3n) is 4.71. The highest BCUT2D eigenvalue weighted by Gasteiger charge is 2.20. The standard InChI is InChI=1S/C20H20Cl3N5O3/c1-11(26-27-20(30)18-15(21)17(24)16(22)19(23)25-18)12-4-6-13(7-5-12)31-10-14(29)28-8-2-3-9-28/h4-7H,2-3,8-10H2,1H3,(H2,24,25)(H,27,30)/b26-11+. The molecule has 1 aliphatic rings. The average molecular weight is 485 g/mol. The van der Waals surface area contributed by atoms with Gasteiger partial charge in [0, 0.05) is 13.1 Å². The minimum atomic E-state index is -0.685. The van der Waals surface area contributed by atoms with Crippen LogP contribution in [0.5, 0.6) is 5.75 Å². The molecule has 1 aromatic heterocycles. The number of carbonyl (C=O) groups is 2. The summed E-state index contributed by atoms with van der Waals surface area (Å²) in [6, 6.07) is 6.99. The molecule has 3 rings (SSSR count). The van der Waals surface area contributed by atoms with Crippen LogP contribution in [0.1, 0.15) is 35.8 Å². The molecule has 1 aromatic carbocycles. The summed E-state index contributed by atoms with van der Waals surface area (Å²) in [7, 11) is 0. The summed E-state index contributed by atoms with van der Waals surface area (Å²) in [4.78, 5) is 30.1. The predicted molar refractivity (Wildman–Crippen MR) is 121 cm³/mol.